The maximum Gasteiger partial charge on any atom is 0.330 e. The summed E-state index contributed by atoms with van der Waals surface area (Å²) >= 11 is 5.79. The standard InChI is InChI=1S/C11H13ClN2O3/c1-6-3-4-7(12)5-8(6)14-10(15)9(13-2)11(16)17/h3-5,9,13H,1-2H3,(H,14,15)(H,16,17). The highest BCUT2D eigenvalue weighted by Gasteiger charge is 2.24. The number of carboxylic acid groups (broad SMARTS) is 1. The molecule has 3 N–H and O–H groups in total. The number of carbonyl (C=O) groups excluding carboxylic acids is 1. The summed E-state index contributed by atoms with van der Waals surface area (Å²) in [6.45, 7) is 1.79. The number of hydrogen-bond donors (Lipinski definition) is 3. The number of carboxylic acids is 1. The van der Waals surface area contributed by atoms with Crippen molar-refractivity contribution in [2.75, 3.05) is 12.4 Å². The van der Waals surface area contributed by atoms with Gasteiger partial charge >= 0.3 is 5.97 Å². The molecule has 1 amide bonds. The van der Waals surface area contributed by atoms with E-state index in [9.17, 15) is 9.59 Å². The molecule has 1 unspecified atom stereocenters. The van der Waals surface area contributed by atoms with Crippen LogP contribution in [0.3, 0.4) is 0 Å². The molecule has 0 aliphatic carbocycles. The van der Waals surface area contributed by atoms with Crippen molar-refractivity contribution in [1.29, 1.82) is 0 Å². The first-order valence-corrected chi connectivity index (χ1v) is 5.30. The van der Waals surface area contributed by atoms with Crippen molar-refractivity contribution in [2.45, 2.75) is 13.0 Å². The van der Waals surface area contributed by atoms with Crippen LogP contribution in [0.4, 0.5) is 5.69 Å². The Morgan fingerprint density at radius 2 is 2.06 bits per heavy atom. The Morgan fingerprint density at radius 3 is 2.59 bits per heavy atom. The highest BCUT2D eigenvalue weighted by atomic mass is 35.5. The Balaban J connectivity index is 2.87. The van der Waals surface area contributed by atoms with Crippen LogP contribution in [0.1, 0.15) is 5.56 Å². The van der Waals surface area contributed by atoms with Crippen molar-refractivity contribution in [2.24, 2.45) is 0 Å². The van der Waals surface area contributed by atoms with Gasteiger partial charge in [-0.25, -0.2) is 4.79 Å². The molecule has 6 heteroatoms. The lowest BCUT2D eigenvalue weighted by molar-refractivity contribution is -0.142. The molecule has 1 rings (SSSR count). The van der Waals surface area contributed by atoms with E-state index in [4.69, 9.17) is 16.7 Å². The summed E-state index contributed by atoms with van der Waals surface area (Å²) in [6.07, 6.45) is 0. The number of benzene rings is 1. The quantitative estimate of drug-likeness (QED) is 0.709. The summed E-state index contributed by atoms with van der Waals surface area (Å²) in [6, 6.07) is 3.73. The van der Waals surface area contributed by atoms with Gasteiger partial charge < -0.3 is 10.4 Å². The lowest BCUT2D eigenvalue weighted by Gasteiger charge is -2.13. The summed E-state index contributed by atoms with van der Waals surface area (Å²) < 4.78 is 0. The van der Waals surface area contributed by atoms with Gasteiger partial charge in [0.1, 0.15) is 0 Å². The van der Waals surface area contributed by atoms with E-state index in [-0.39, 0.29) is 0 Å². The normalized spacial score (nSPS) is 11.9. The fourth-order valence-electron chi connectivity index (χ4n) is 1.30. The van der Waals surface area contributed by atoms with Crippen LogP contribution in [0.5, 0.6) is 0 Å². The molecule has 0 saturated heterocycles. The van der Waals surface area contributed by atoms with E-state index >= 15 is 0 Å². The van der Waals surface area contributed by atoms with E-state index in [1.807, 2.05) is 0 Å². The van der Waals surface area contributed by atoms with Crippen LogP contribution >= 0.6 is 11.6 Å². The van der Waals surface area contributed by atoms with Gasteiger partial charge in [-0.15, -0.1) is 0 Å². The number of aliphatic carboxylic acids is 1. The lowest BCUT2D eigenvalue weighted by Crippen LogP contribution is -2.44. The van der Waals surface area contributed by atoms with E-state index in [2.05, 4.69) is 10.6 Å². The minimum atomic E-state index is -1.28. The second-order valence-corrected chi connectivity index (χ2v) is 3.94. The average Bonchev–Trinajstić information content (AvgIpc) is 2.24. The van der Waals surface area contributed by atoms with Gasteiger partial charge in [0.2, 0.25) is 0 Å². The predicted octanol–water partition coefficient (Wildman–Crippen LogP) is 1.26. The number of likely N-dealkylation sites (N-methyl/N-ethyl adjacent to an activating group) is 1. The summed E-state index contributed by atoms with van der Waals surface area (Å²) in [5.74, 6) is -1.87. The van der Waals surface area contributed by atoms with Gasteiger partial charge in [-0.2, -0.15) is 0 Å². The largest absolute Gasteiger partial charge is 0.480 e. The molecule has 1 aromatic rings. The summed E-state index contributed by atoms with van der Waals surface area (Å²) in [5, 5.41) is 14.2. The second kappa shape index (κ2) is 5.65. The van der Waals surface area contributed by atoms with E-state index in [0.717, 1.165) is 5.56 Å². The van der Waals surface area contributed by atoms with Gasteiger partial charge in [-0.05, 0) is 31.7 Å². The summed E-state index contributed by atoms with van der Waals surface area (Å²) in [7, 11) is 1.41. The molecule has 1 aromatic carbocycles. The van der Waals surface area contributed by atoms with Crippen LogP contribution in [0.15, 0.2) is 18.2 Å². The van der Waals surface area contributed by atoms with Gasteiger partial charge in [-0.1, -0.05) is 17.7 Å². The number of amides is 1. The molecule has 0 aromatic heterocycles. The van der Waals surface area contributed by atoms with Crippen LogP contribution in [-0.2, 0) is 9.59 Å². The molecule has 0 heterocycles. The predicted molar refractivity (Wildman–Crippen MR) is 65.3 cm³/mol. The van der Waals surface area contributed by atoms with Crippen LogP contribution in [0.2, 0.25) is 5.02 Å². The van der Waals surface area contributed by atoms with E-state index < -0.39 is 17.9 Å². The highest BCUT2D eigenvalue weighted by molar-refractivity contribution is 6.31. The molecular formula is C11H13ClN2O3. The van der Waals surface area contributed by atoms with E-state index in [1.54, 1.807) is 25.1 Å². The lowest BCUT2D eigenvalue weighted by atomic mass is 10.2. The van der Waals surface area contributed by atoms with Gasteiger partial charge in [0.05, 0.1) is 0 Å². The topological polar surface area (TPSA) is 78.4 Å². The molecule has 17 heavy (non-hydrogen) atoms. The Morgan fingerprint density at radius 1 is 1.41 bits per heavy atom. The second-order valence-electron chi connectivity index (χ2n) is 3.51. The van der Waals surface area contributed by atoms with Crippen LogP contribution in [0, 0.1) is 6.92 Å². The third-order valence-corrected chi connectivity index (χ3v) is 2.49. The molecular weight excluding hydrogens is 244 g/mol. The first-order chi connectivity index (χ1) is 7.95. The number of nitrogens with one attached hydrogen (secondary N) is 2. The first kappa shape index (κ1) is 13.5. The fraction of sp³-hybridized carbons (Fsp3) is 0.273. The van der Waals surface area contributed by atoms with Crippen molar-refractivity contribution in [1.82, 2.24) is 5.32 Å². The number of hydrogen-bond acceptors (Lipinski definition) is 3. The Labute approximate surface area is 104 Å². The molecule has 0 radical (unpaired) electrons. The van der Waals surface area contributed by atoms with Gasteiger partial charge in [0.25, 0.3) is 5.91 Å². The van der Waals surface area contributed by atoms with E-state index in [1.165, 1.54) is 7.05 Å². The third-order valence-electron chi connectivity index (χ3n) is 2.26. The molecule has 0 bridgehead atoms. The first-order valence-electron chi connectivity index (χ1n) is 4.92. The minimum Gasteiger partial charge on any atom is -0.480 e. The SMILES string of the molecule is CNC(C(=O)O)C(=O)Nc1cc(Cl)ccc1C. The molecule has 0 spiro atoms. The van der Waals surface area contributed by atoms with Crippen molar-refractivity contribution in [3.05, 3.63) is 28.8 Å². The van der Waals surface area contributed by atoms with Crippen molar-refractivity contribution >= 4 is 29.2 Å². The molecule has 0 aliphatic rings. The average molecular weight is 257 g/mol. The van der Waals surface area contributed by atoms with Crippen LogP contribution in [0.25, 0.3) is 0 Å². The minimum absolute atomic E-state index is 0.474. The Hall–Kier alpha value is -1.59. The fourth-order valence-corrected chi connectivity index (χ4v) is 1.47. The van der Waals surface area contributed by atoms with Crippen molar-refractivity contribution in [3.63, 3.8) is 0 Å². The maximum atomic E-state index is 11.7. The number of rotatable bonds is 4. The number of aryl methyl sites for hydroxylation is 1. The number of anilines is 1. The van der Waals surface area contributed by atoms with Crippen LogP contribution < -0.4 is 10.6 Å². The Bertz CT molecular complexity index is 448. The highest BCUT2D eigenvalue weighted by Crippen LogP contribution is 2.20. The molecule has 0 aliphatic heterocycles. The van der Waals surface area contributed by atoms with Gasteiger partial charge in [0.15, 0.2) is 6.04 Å². The zero-order valence-electron chi connectivity index (χ0n) is 9.45. The van der Waals surface area contributed by atoms with Crippen molar-refractivity contribution < 1.29 is 14.7 Å². The Kier molecular flexibility index (Phi) is 4.48. The van der Waals surface area contributed by atoms with Crippen LogP contribution in [-0.4, -0.2) is 30.1 Å². The molecule has 0 fully saturated rings. The molecule has 0 saturated carbocycles. The van der Waals surface area contributed by atoms with Gasteiger partial charge in [0, 0.05) is 10.7 Å². The zero-order chi connectivity index (χ0) is 13.0. The third kappa shape index (κ3) is 3.44. The summed E-state index contributed by atoms with van der Waals surface area (Å²) in [4.78, 5) is 22.4. The monoisotopic (exact) mass is 256 g/mol. The molecule has 1 atom stereocenters. The van der Waals surface area contributed by atoms with Crippen molar-refractivity contribution in [3.8, 4) is 0 Å². The molecule has 92 valence electrons. The molecule has 5 nitrogen and oxygen atoms in total. The zero-order valence-corrected chi connectivity index (χ0v) is 10.2. The summed E-state index contributed by atoms with van der Waals surface area (Å²) in [5.41, 5.74) is 1.31. The maximum absolute atomic E-state index is 11.7. The smallest absolute Gasteiger partial charge is 0.330 e. The van der Waals surface area contributed by atoms with Gasteiger partial charge in [-0.3, -0.25) is 10.1 Å². The van der Waals surface area contributed by atoms with E-state index in [0.29, 0.717) is 10.7 Å². The number of carbonyl (C=O) groups is 2. The number of halogens is 1.